The summed E-state index contributed by atoms with van der Waals surface area (Å²) in [5.41, 5.74) is 7.04. The number of hydrogen-bond acceptors (Lipinski definition) is 3. The van der Waals surface area contributed by atoms with E-state index in [1.54, 1.807) is 12.1 Å². The fourth-order valence-electron chi connectivity index (χ4n) is 3.87. The van der Waals surface area contributed by atoms with Gasteiger partial charge in [0.15, 0.2) is 0 Å². The van der Waals surface area contributed by atoms with E-state index in [1.807, 2.05) is 50.2 Å². The molecule has 152 valence electrons. The molecule has 0 bridgehead atoms. The molecule has 0 fully saturated rings. The minimum Gasteiger partial charge on any atom is -0.507 e. The number of nitrogens with one attached hydrogen (secondary N) is 1. The summed E-state index contributed by atoms with van der Waals surface area (Å²) in [6, 6.07) is 15.4. The van der Waals surface area contributed by atoms with Crippen LogP contribution in [-0.2, 0) is 11.2 Å². The summed E-state index contributed by atoms with van der Waals surface area (Å²) in [5, 5.41) is 28.0. The van der Waals surface area contributed by atoms with Crippen molar-refractivity contribution in [3.05, 3.63) is 70.4 Å². The van der Waals surface area contributed by atoms with Crippen LogP contribution in [0.1, 0.15) is 23.2 Å². The average Bonchev–Trinajstić information content (AvgIpc) is 3.07. The van der Waals surface area contributed by atoms with Gasteiger partial charge in [-0.3, -0.25) is 9.89 Å². The van der Waals surface area contributed by atoms with Crippen molar-refractivity contribution in [2.45, 2.75) is 26.7 Å². The van der Waals surface area contributed by atoms with E-state index in [0.29, 0.717) is 17.0 Å². The highest BCUT2D eigenvalue weighted by Gasteiger charge is 2.14. The number of fused-ring (bicyclic) bond motifs is 1. The van der Waals surface area contributed by atoms with E-state index in [9.17, 15) is 9.90 Å². The maximum absolute atomic E-state index is 10.9. The van der Waals surface area contributed by atoms with E-state index < -0.39 is 5.97 Å². The minimum atomic E-state index is -0.850. The fourth-order valence-corrected chi connectivity index (χ4v) is 4.13. The van der Waals surface area contributed by atoms with Crippen molar-refractivity contribution < 1.29 is 15.0 Å². The van der Waals surface area contributed by atoms with Crippen molar-refractivity contribution >= 4 is 28.5 Å². The van der Waals surface area contributed by atoms with Gasteiger partial charge >= 0.3 is 5.97 Å². The van der Waals surface area contributed by atoms with Gasteiger partial charge in [-0.15, -0.1) is 0 Å². The summed E-state index contributed by atoms with van der Waals surface area (Å²) in [7, 11) is 0. The molecule has 1 heterocycles. The Balaban J connectivity index is 1.73. The SMILES string of the molecule is Cc1cc(C)c(-c2ccc(-c3cc4c(CCC(=O)O)[nH]nc4cc3Cl)cc2)c(O)c1. The summed E-state index contributed by atoms with van der Waals surface area (Å²) in [5.74, 6) is -0.585. The highest BCUT2D eigenvalue weighted by molar-refractivity contribution is 6.34. The van der Waals surface area contributed by atoms with Crippen LogP contribution in [0.4, 0.5) is 0 Å². The first-order chi connectivity index (χ1) is 14.3. The lowest BCUT2D eigenvalue weighted by molar-refractivity contribution is -0.136. The molecule has 30 heavy (non-hydrogen) atoms. The molecule has 0 saturated heterocycles. The Morgan fingerprint density at radius 2 is 1.77 bits per heavy atom. The molecule has 1 aromatic heterocycles. The fraction of sp³-hybridized carbons (Fsp3) is 0.167. The first-order valence-electron chi connectivity index (χ1n) is 9.63. The van der Waals surface area contributed by atoms with E-state index in [1.165, 1.54) is 0 Å². The summed E-state index contributed by atoms with van der Waals surface area (Å²) in [6.45, 7) is 3.94. The smallest absolute Gasteiger partial charge is 0.303 e. The molecule has 6 heteroatoms. The zero-order valence-corrected chi connectivity index (χ0v) is 17.4. The van der Waals surface area contributed by atoms with Crippen molar-refractivity contribution in [1.82, 2.24) is 10.2 Å². The van der Waals surface area contributed by atoms with Crippen LogP contribution >= 0.6 is 11.6 Å². The Kier molecular flexibility index (Phi) is 5.22. The highest BCUT2D eigenvalue weighted by atomic mass is 35.5. The van der Waals surface area contributed by atoms with Crippen LogP contribution in [-0.4, -0.2) is 26.4 Å². The molecule has 0 atom stereocenters. The van der Waals surface area contributed by atoms with Crippen LogP contribution < -0.4 is 0 Å². The molecule has 0 saturated carbocycles. The van der Waals surface area contributed by atoms with Crippen molar-refractivity contribution in [1.29, 1.82) is 0 Å². The maximum atomic E-state index is 10.9. The molecule has 0 spiro atoms. The Morgan fingerprint density at radius 1 is 1.07 bits per heavy atom. The molecule has 3 N–H and O–H groups in total. The van der Waals surface area contributed by atoms with Crippen LogP contribution in [0.15, 0.2) is 48.5 Å². The van der Waals surface area contributed by atoms with E-state index in [0.717, 1.165) is 44.5 Å². The Bertz CT molecular complexity index is 1240. The zero-order chi connectivity index (χ0) is 21.4. The molecule has 0 aliphatic heterocycles. The number of carbonyl (C=O) groups is 1. The van der Waals surface area contributed by atoms with Gasteiger partial charge in [-0.1, -0.05) is 41.9 Å². The number of aromatic nitrogens is 2. The standard InChI is InChI=1S/C24H21ClN2O3/c1-13-9-14(2)24(22(28)10-13)16-5-3-15(4-6-16)17-11-18-20(7-8-23(29)30)26-27-21(18)12-19(17)25/h3-6,9-12,28H,7-8H2,1-2H3,(H,26,27)(H,29,30). The van der Waals surface area contributed by atoms with Gasteiger partial charge in [-0.05, 0) is 54.3 Å². The Hall–Kier alpha value is -3.31. The molecular weight excluding hydrogens is 400 g/mol. The third-order valence-corrected chi connectivity index (χ3v) is 5.57. The van der Waals surface area contributed by atoms with Crippen LogP contribution in [0.3, 0.4) is 0 Å². The Morgan fingerprint density at radius 3 is 2.43 bits per heavy atom. The second kappa shape index (κ2) is 7.84. The lowest BCUT2D eigenvalue weighted by Gasteiger charge is -2.12. The summed E-state index contributed by atoms with van der Waals surface area (Å²) in [4.78, 5) is 10.9. The van der Waals surface area contributed by atoms with Gasteiger partial charge in [-0.2, -0.15) is 5.10 Å². The number of aliphatic carboxylic acids is 1. The van der Waals surface area contributed by atoms with Crippen molar-refractivity contribution in [3.8, 4) is 28.0 Å². The molecule has 3 aromatic carbocycles. The number of halogens is 1. The molecule has 0 aliphatic rings. The summed E-state index contributed by atoms with van der Waals surface area (Å²) >= 11 is 6.51. The second-order valence-electron chi connectivity index (χ2n) is 7.50. The van der Waals surface area contributed by atoms with Crippen molar-refractivity contribution in [2.75, 3.05) is 0 Å². The number of aryl methyl sites for hydroxylation is 3. The third-order valence-electron chi connectivity index (χ3n) is 5.25. The van der Waals surface area contributed by atoms with E-state index >= 15 is 0 Å². The first kappa shape index (κ1) is 20.0. The lowest BCUT2D eigenvalue weighted by Crippen LogP contribution is -1.98. The van der Waals surface area contributed by atoms with Crippen LogP contribution in [0.5, 0.6) is 5.75 Å². The normalized spacial score (nSPS) is 11.2. The van der Waals surface area contributed by atoms with Crippen LogP contribution in [0, 0.1) is 13.8 Å². The third kappa shape index (κ3) is 3.76. The molecule has 0 radical (unpaired) electrons. The topological polar surface area (TPSA) is 86.2 Å². The largest absolute Gasteiger partial charge is 0.507 e. The quantitative estimate of drug-likeness (QED) is 0.375. The molecular formula is C24H21ClN2O3. The Labute approximate surface area is 179 Å². The highest BCUT2D eigenvalue weighted by Crippen LogP contribution is 2.37. The first-order valence-corrected chi connectivity index (χ1v) is 10.0. The number of rotatable bonds is 5. The zero-order valence-electron chi connectivity index (χ0n) is 16.7. The van der Waals surface area contributed by atoms with Gasteiger partial charge in [0.2, 0.25) is 0 Å². The van der Waals surface area contributed by atoms with Gasteiger partial charge in [0.25, 0.3) is 0 Å². The van der Waals surface area contributed by atoms with Gasteiger partial charge < -0.3 is 10.2 Å². The van der Waals surface area contributed by atoms with E-state index in [-0.39, 0.29) is 12.2 Å². The number of nitrogens with zero attached hydrogens (tertiary/aromatic N) is 1. The minimum absolute atomic E-state index is 0.0311. The van der Waals surface area contributed by atoms with E-state index in [4.69, 9.17) is 16.7 Å². The predicted octanol–water partition coefficient (Wildman–Crippen LogP) is 5.89. The lowest BCUT2D eigenvalue weighted by atomic mass is 9.95. The summed E-state index contributed by atoms with van der Waals surface area (Å²) in [6.07, 6.45) is 0.404. The molecule has 0 unspecified atom stereocenters. The number of phenols is 1. The van der Waals surface area contributed by atoms with Crippen molar-refractivity contribution in [3.63, 3.8) is 0 Å². The molecule has 4 aromatic rings. The number of hydrogen-bond donors (Lipinski definition) is 3. The number of aromatic hydroxyl groups is 1. The van der Waals surface area contributed by atoms with Gasteiger partial charge in [-0.25, -0.2) is 0 Å². The number of carboxylic acids is 1. The molecule has 5 nitrogen and oxygen atoms in total. The molecule has 4 rings (SSSR count). The van der Waals surface area contributed by atoms with Crippen molar-refractivity contribution in [2.24, 2.45) is 0 Å². The number of carboxylic acid groups (broad SMARTS) is 1. The van der Waals surface area contributed by atoms with Crippen LogP contribution in [0.2, 0.25) is 5.02 Å². The van der Waals surface area contributed by atoms with Gasteiger partial charge in [0.1, 0.15) is 5.75 Å². The number of phenolic OH excluding ortho intramolecular Hbond substituents is 1. The number of benzene rings is 3. The second-order valence-corrected chi connectivity index (χ2v) is 7.91. The molecule has 0 amide bonds. The molecule has 0 aliphatic carbocycles. The van der Waals surface area contributed by atoms with E-state index in [2.05, 4.69) is 10.2 Å². The van der Waals surface area contributed by atoms with Gasteiger partial charge in [0.05, 0.1) is 17.0 Å². The predicted molar refractivity (Wildman–Crippen MR) is 119 cm³/mol. The maximum Gasteiger partial charge on any atom is 0.303 e. The number of H-pyrrole nitrogens is 1. The number of aromatic amines is 1. The van der Waals surface area contributed by atoms with Gasteiger partial charge in [0, 0.05) is 28.6 Å². The van der Waals surface area contributed by atoms with Crippen LogP contribution in [0.25, 0.3) is 33.2 Å². The monoisotopic (exact) mass is 420 g/mol. The summed E-state index contributed by atoms with van der Waals surface area (Å²) < 4.78 is 0. The average molecular weight is 421 g/mol.